The van der Waals surface area contributed by atoms with Crippen molar-refractivity contribution in [3.8, 4) is 0 Å². The molecule has 1 saturated heterocycles. The van der Waals surface area contributed by atoms with Crippen molar-refractivity contribution in [2.75, 3.05) is 18.8 Å². The molecule has 1 aromatic rings. The Hall–Kier alpha value is -1.11. The predicted octanol–water partition coefficient (Wildman–Crippen LogP) is -0.136. The number of nitrogens with zero attached hydrogens (tertiary/aromatic N) is 1. The van der Waals surface area contributed by atoms with Gasteiger partial charge in [-0.1, -0.05) is 0 Å². The molecule has 0 bridgehead atoms. The van der Waals surface area contributed by atoms with Crippen molar-refractivity contribution in [1.29, 1.82) is 0 Å². The molecule has 1 aromatic heterocycles. The minimum atomic E-state index is -0.640. The van der Waals surface area contributed by atoms with Crippen LogP contribution in [0.5, 0.6) is 0 Å². The first kappa shape index (κ1) is 11.4. The second-order valence-electron chi connectivity index (χ2n) is 3.98. The van der Waals surface area contributed by atoms with Gasteiger partial charge in [-0.05, 0) is 17.9 Å². The Labute approximate surface area is 97.7 Å². The van der Waals surface area contributed by atoms with E-state index in [0.717, 1.165) is 0 Å². The molecule has 2 unspecified atom stereocenters. The number of nitrogens with two attached hydrogens (primary N) is 2. The van der Waals surface area contributed by atoms with E-state index in [9.17, 15) is 9.90 Å². The lowest BCUT2D eigenvalue weighted by Crippen LogP contribution is -2.52. The van der Waals surface area contributed by atoms with E-state index in [2.05, 4.69) is 0 Å². The Kier molecular flexibility index (Phi) is 3.13. The van der Waals surface area contributed by atoms with Crippen LogP contribution in [0.25, 0.3) is 0 Å². The van der Waals surface area contributed by atoms with Gasteiger partial charge in [-0.2, -0.15) is 0 Å². The van der Waals surface area contributed by atoms with Crippen LogP contribution in [0.1, 0.15) is 16.1 Å². The first-order chi connectivity index (χ1) is 7.59. The SMILES string of the molecule is Nc1ccsc1C(=O)N1CCC(N)C(O)C1. The number of carbonyl (C=O) groups excluding carboxylic acids is 1. The van der Waals surface area contributed by atoms with Crippen LogP contribution in [0.4, 0.5) is 5.69 Å². The summed E-state index contributed by atoms with van der Waals surface area (Å²) >= 11 is 1.32. The van der Waals surface area contributed by atoms with Gasteiger partial charge in [0, 0.05) is 19.1 Å². The molecule has 1 fully saturated rings. The summed E-state index contributed by atoms with van der Waals surface area (Å²) in [4.78, 5) is 14.2. The van der Waals surface area contributed by atoms with Crippen LogP contribution in [0, 0.1) is 0 Å². The van der Waals surface area contributed by atoms with Crippen molar-refractivity contribution in [3.05, 3.63) is 16.3 Å². The number of hydrogen-bond acceptors (Lipinski definition) is 5. The molecule has 88 valence electrons. The minimum Gasteiger partial charge on any atom is -0.397 e. The highest BCUT2D eigenvalue weighted by molar-refractivity contribution is 7.12. The van der Waals surface area contributed by atoms with E-state index < -0.39 is 6.10 Å². The molecule has 1 aliphatic heterocycles. The first-order valence-electron chi connectivity index (χ1n) is 5.15. The number of anilines is 1. The summed E-state index contributed by atoms with van der Waals surface area (Å²) in [5.41, 5.74) is 11.9. The Bertz CT molecular complexity index is 393. The highest BCUT2D eigenvalue weighted by Crippen LogP contribution is 2.22. The normalized spacial score (nSPS) is 25.8. The van der Waals surface area contributed by atoms with Gasteiger partial charge >= 0.3 is 0 Å². The Morgan fingerprint density at radius 2 is 2.38 bits per heavy atom. The van der Waals surface area contributed by atoms with Gasteiger partial charge in [-0.25, -0.2) is 0 Å². The van der Waals surface area contributed by atoms with Gasteiger partial charge in [0.05, 0.1) is 11.8 Å². The van der Waals surface area contributed by atoms with Crippen LogP contribution < -0.4 is 11.5 Å². The first-order valence-corrected chi connectivity index (χ1v) is 6.03. The van der Waals surface area contributed by atoms with E-state index in [1.54, 1.807) is 16.3 Å². The molecule has 0 spiro atoms. The summed E-state index contributed by atoms with van der Waals surface area (Å²) in [7, 11) is 0. The lowest BCUT2D eigenvalue weighted by atomic mass is 10.0. The molecule has 0 saturated carbocycles. The lowest BCUT2D eigenvalue weighted by molar-refractivity contribution is 0.0399. The van der Waals surface area contributed by atoms with Crippen LogP contribution in [0.3, 0.4) is 0 Å². The monoisotopic (exact) mass is 241 g/mol. The predicted molar refractivity (Wildman–Crippen MR) is 63.2 cm³/mol. The smallest absolute Gasteiger partial charge is 0.266 e. The van der Waals surface area contributed by atoms with E-state index in [4.69, 9.17) is 11.5 Å². The highest BCUT2D eigenvalue weighted by atomic mass is 32.1. The van der Waals surface area contributed by atoms with E-state index in [0.29, 0.717) is 23.5 Å². The van der Waals surface area contributed by atoms with Gasteiger partial charge < -0.3 is 21.5 Å². The number of carbonyl (C=O) groups is 1. The molecule has 2 heterocycles. The van der Waals surface area contributed by atoms with Crippen molar-refractivity contribution in [1.82, 2.24) is 4.90 Å². The average molecular weight is 241 g/mol. The molecular weight excluding hydrogens is 226 g/mol. The molecule has 2 atom stereocenters. The van der Waals surface area contributed by atoms with Crippen molar-refractivity contribution in [2.24, 2.45) is 5.73 Å². The van der Waals surface area contributed by atoms with E-state index in [1.807, 2.05) is 0 Å². The maximum absolute atomic E-state index is 12.0. The zero-order valence-electron chi connectivity index (χ0n) is 8.80. The third-order valence-corrected chi connectivity index (χ3v) is 3.73. The molecule has 5 nitrogen and oxygen atoms in total. The molecule has 0 aromatic carbocycles. The number of nitrogen functional groups attached to an aromatic ring is 1. The summed E-state index contributed by atoms with van der Waals surface area (Å²) in [6.45, 7) is 0.867. The largest absolute Gasteiger partial charge is 0.397 e. The topological polar surface area (TPSA) is 92.6 Å². The number of likely N-dealkylation sites (tertiary alicyclic amines) is 1. The summed E-state index contributed by atoms with van der Waals surface area (Å²) in [6.07, 6.45) is -0.0167. The molecule has 16 heavy (non-hydrogen) atoms. The fourth-order valence-corrected chi connectivity index (χ4v) is 2.56. The second kappa shape index (κ2) is 4.40. The summed E-state index contributed by atoms with van der Waals surface area (Å²) in [5.74, 6) is -0.113. The Morgan fingerprint density at radius 3 is 2.94 bits per heavy atom. The van der Waals surface area contributed by atoms with Crippen molar-refractivity contribution < 1.29 is 9.90 Å². The molecule has 0 aliphatic carbocycles. The van der Waals surface area contributed by atoms with Crippen molar-refractivity contribution >= 4 is 22.9 Å². The van der Waals surface area contributed by atoms with Crippen molar-refractivity contribution in [2.45, 2.75) is 18.6 Å². The van der Waals surface area contributed by atoms with Gasteiger partial charge in [-0.3, -0.25) is 4.79 Å². The highest BCUT2D eigenvalue weighted by Gasteiger charge is 2.29. The number of thiophene rings is 1. The van der Waals surface area contributed by atoms with Crippen LogP contribution in [-0.4, -0.2) is 41.1 Å². The molecule has 5 N–H and O–H groups in total. The van der Waals surface area contributed by atoms with Gasteiger partial charge in [0.2, 0.25) is 0 Å². The molecule has 6 heteroatoms. The number of hydrogen-bond donors (Lipinski definition) is 3. The van der Waals surface area contributed by atoms with Crippen LogP contribution >= 0.6 is 11.3 Å². The Balaban J connectivity index is 2.09. The summed E-state index contributed by atoms with van der Waals surface area (Å²) < 4.78 is 0. The summed E-state index contributed by atoms with van der Waals surface area (Å²) in [5, 5.41) is 11.4. The maximum Gasteiger partial charge on any atom is 0.266 e. The number of β-amino-alcohol motifs (C(OH)–C–C–N with tert-alkyl or cyclic N) is 1. The van der Waals surface area contributed by atoms with Crippen LogP contribution in [0.2, 0.25) is 0 Å². The van der Waals surface area contributed by atoms with Gasteiger partial charge in [0.25, 0.3) is 5.91 Å². The quantitative estimate of drug-likeness (QED) is 0.638. The van der Waals surface area contributed by atoms with E-state index in [-0.39, 0.29) is 18.5 Å². The minimum absolute atomic E-state index is 0.113. The molecule has 1 amide bonds. The second-order valence-corrected chi connectivity index (χ2v) is 4.89. The van der Waals surface area contributed by atoms with Gasteiger partial charge in [0.1, 0.15) is 4.88 Å². The summed E-state index contributed by atoms with van der Waals surface area (Å²) in [6, 6.07) is 1.48. The van der Waals surface area contributed by atoms with Crippen LogP contribution in [-0.2, 0) is 0 Å². The fourth-order valence-electron chi connectivity index (χ4n) is 1.77. The van der Waals surface area contributed by atoms with Crippen molar-refractivity contribution in [3.63, 3.8) is 0 Å². The van der Waals surface area contributed by atoms with Gasteiger partial charge in [0.15, 0.2) is 0 Å². The molecule has 1 aliphatic rings. The molecular formula is C10H15N3O2S. The number of rotatable bonds is 1. The van der Waals surface area contributed by atoms with E-state index >= 15 is 0 Å². The number of aliphatic hydroxyl groups is 1. The number of amides is 1. The zero-order chi connectivity index (χ0) is 11.7. The average Bonchev–Trinajstić information content (AvgIpc) is 2.67. The third-order valence-electron chi connectivity index (χ3n) is 2.81. The van der Waals surface area contributed by atoms with Gasteiger partial charge in [-0.15, -0.1) is 11.3 Å². The maximum atomic E-state index is 12.0. The number of aliphatic hydroxyl groups excluding tert-OH is 1. The standard InChI is InChI=1S/C10H15N3O2S/c11-6-1-3-13(5-8(6)14)10(15)9-7(12)2-4-16-9/h2,4,6,8,14H,1,3,5,11-12H2. The van der Waals surface area contributed by atoms with E-state index in [1.165, 1.54) is 11.3 Å². The molecule has 0 radical (unpaired) electrons. The fraction of sp³-hybridized carbons (Fsp3) is 0.500. The zero-order valence-corrected chi connectivity index (χ0v) is 9.61. The third kappa shape index (κ3) is 2.04. The lowest BCUT2D eigenvalue weighted by Gasteiger charge is -2.33. The Morgan fingerprint density at radius 1 is 1.62 bits per heavy atom. The molecule has 2 rings (SSSR count). The van der Waals surface area contributed by atoms with Crippen LogP contribution in [0.15, 0.2) is 11.4 Å². The number of piperidine rings is 1.